The number of rotatable bonds is 0. The molecule has 0 atom stereocenters. The van der Waals surface area contributed by atoms with E-state index < -0.39 is 0 Å². The van der Waals surface area contributed by atoms with E-state index in [0.717, 1.165) is 5.69 Å². The molecule has 0 aliphatic rings. The Labute approximate surface area is 87.4 Å². The Bertz CT molecular complexity index is 390. The molecule has 0 aliphatic heterocycles. The van der Waals surface area contributed by atoms with Gasteiger partial charge in [0.15, 0.2) is 5.15 Å². The Hall–Kier alpha value is -1.29. The molecule has 0 aliphatic carbocycles. The Morgan fingerprint density at radius 1 is 1.00 bits per heavy atom. The summed E-state index contributed by atoms with van der Waals surface area (Å²) in [6.45, 7) is 5.82. The van der Waals surface area contributed by atoms with Gasteiger partial charge in [-0.25, -0.2) is 4.98 Å². The second-order valence-electron chi connectivity index (χ2n) is 2.33. The summed E-state index contributed by atoms with van der Waals surface area (Å²) in [5, 5.41) is 7.84. The number of hydrogen-bond donors (Lipinski definition) is 0. The lowest BCUT2D eigenvalue weighted by Gasteiger charge is -1.97. The zero-order valence-electron chi connectivity index (χ0n) is 8.32. The van der Waals surface area contributed by atoms with Gasteiger partial charge in [-0.1, -0.05) is 25.4 Å². The molecule has 0 amide bonds. The summed E-state index contributed by atoms with van der Waals surface area (Å²) in [4.78, 5) is 8.14. The van der Waals surface area contributed by atoms with E-state index >= 15 is 0 Å². The normalized spacial score (nSPS) is 9.43. The fraction of sp³-hybridized carbons (Fsp3) is 0.333. The second-order valence-corrected chi connectivity index (χ2v) is 2.69. The van der Waals surface area contributed by atoms with E-state index in [1.54, 1.807) is 12.4 Å². The highest BCUT2D eigenvalue weighted by Crippen LogP contribution is 2.16. The molecule has 0 saturated heterocycles. The summed E-state index contributed by atoms with van der Waals surface area (Å²) in [6.07, 6.45) is 3.18. The summed E-state index contributed by atoms with van der Waals surface area (Å²) in [7, 11) is 0. The number of aryl methyl sites for hydroxylation is 1. The highest BCUT2D eigenvalue weighted by Gasteiger charge is 2.05. The first-order chi connectivity index (χ1) is 6.79. The lowest BCUT2D eigenvalue weighted by molar-refractivity contribution is 0.988. The van der Waals surface area contributed by atoms with Crippen LogP contribution >= 0.6 is 11.6 Å². The molecule has 0 bridgehead atoms. The molecule has 0 N–H and O–H groups in total. The fourth-order valence-corrected chi connectivity index (χ4v) is 1.14. The van der Waals surface area contributed by atoms with E-state index in [2.05, 4.69) is 20.2 Å². The Morgan fingerprint density at radius 2 is 1.57 bits per heavy atom. The molecule has 4 nitrogen and oxygen atoms in total. The zero-order valence-corrected chi connectivity index (χ0v) is 9.08. The molecule has 5 heteroatoms. The summed E-state index contributed by atoms with van der Waals surface area (Å²) in [5.74, 6) is 0. The van der Waals surface area contributed by atoms with Gasteiger partial charge in [-0.05, 0) is 6.92 Å². The third-order valence-corrected chi connectivity index (χ3v) is 1.78. The third-order valence-electron chi connectivity index (χ3n) is 1.52. The van der Waals surface area contributed by atoms with Crippen molar-refractivity contribution in [3.63, 3.8) is 0 Å². The molecule has 0 fully saturated rings. The van der Waals surface area contributed by atoms with Gasteiger partial charge in [0.1, 0.15) is 11.0 Å². The predicted octanol–water partition coefficient (Wildman–Crippen LogP) is 2.41. The van der Waals surface area contributed by atoms with Gasteiger partial charge in [-0.15, -0.1) is 5.10 Å². The molecule has 0 radical (unpaired) electrons. The van der Waals surface area contributed by atoms with Gasteiger partial charge in [0, 0.05) is 12.4 Å². The van der Waals surface area contributed by atoms with Crippen molar-refractivity contribution in [3.8, 4) is 0 Å². The minimum Gasteiger partial charge on any atom is -0.251 e. The lowest BCUT2D eigenvalue weighted by atomic mass is 10.3. The minimum absolute atomic E-state index is 0.295. The summed E-state index contributed by atoms with van der Waals surface area (Å²) in [5.41, 5.74) is 2.05. The highest BCUT2D eigenvalue weighted by molar-refractivity contribution is 6.33. The second kappa shape index (κ2) is 4.81. The van der Waals surface area contributed by atoms with Crippen LogP contribution in [0, 0.1) is 6.92 Å². The molecule has 74 valence electrons. The van der Waals surface area contributed by atoms with Crippen LogP contribution in [0.4, 0.5) is 0 Å². The van der Waals surface area contributed by atoms with Crippen LogP contribution in [0.1, 0.15) is 19.5 Å². The summed E-state index contributed by atoms with van der Waals surface area (Å²) in [6, 6.07) is 0. The average Bonchev–Trinajstić information content (AvgIpc) is 2.27. The van der Waals surface area contributed by atoms with Gasteiger partial charge >= 0.3 is 0 Å². The topological polar surface area (TPSA) is 51.6 Å². The first-order valence-electron chi connectivity index (χ1n) is 4.38. The molecule has 2 aromatic rings. The van der Waals surface area contributed by atoms with Crippen LogP contribution in [0.5, 0.6) is 0 Å². The van der Waals surface area contributed by atoms with Crippen molar-refractivity contribution in [1.82, 2.24) is 20.2 Å². The molecule has 0 aromatic carbocycles. The number of hydrogen-bond acceptors (Lipinski definition) is 4. The molecule has 2 aromatic heterocycles. The minimum atomic E-state index is 0.295. The molecule has 2 rings (SSSR count). The van der Waals surface area contributed by atoms with E-state index in [4.69, 9.17) is 11.6 Å². The van der Waals surface area contributed by atoms with Crippen LogP contribution in [0.2, 0.25) is 5.15 Å². The first-order valence-corrected chi connectivity index (χ1v) is 4.76. The number of aromatic nitrogens is 4. The van der Waals surface area contributed by atoms with E-state index in [0.29, 0.717) is 16.2 Å². The molecule has 2 heterocycles. The monoisotopic (exact) mass is 210 g/mol. The summed E-state index contributed by atoms with van der Waals surface area (Å²) >= 11 is 5.75. The van der Waals surface area contributed by atoms with Crippen LogP contribution in [0.15, 0.2) is 12.4 Å². The Morgan fingerprint density at radius 3 is 2.14 bits per heavy atom. The van der Waals surface area contributed by atoms with E-state index in [1.807, 2.05) is 20.8 Å². The van der Waals surface area contributed by atoms with Crippen LogP contribution in [0.25, 0.3) is 11.0 Å². The quantitative estimate of drug-likeness (QED) is 0.670. The Kier molecular flexibility index (Phi) is 3.71. The molecule has 0 unspecified atom stereocenters. The maximum atomic E-state index is 5.75. The van der Waals surface area contributed by atoms with Crippen molar-refractivity contribution in [1.29, 1.82) is 0 Å². The highest BCUT2D eigenvalue weighted by atomic mass is 35.5. The fourth-order valence-electron chi connectivity index (χ4n) is 0.967. The average molecular weight is 211 g/mol. The first kappa shape index (κ1) is 10.8. The van der Waals surface area contributed by atoms with Gasteiger partial charge in [0.05, 0.1) is 5.69 Å². The number of halogens is 1. The van der Waals surface area contributed by atoms with E-state index in [1.165, 1.54) is 0 Å². The van der Waals surface area contributed by atoms with E-state index in [-0.39, 0.29) is 0 Å². The maximum Gasteiger partial charge on any atom is 0.179 e. The van der Waals surface area contributed by atoms with Gasteiger partial charge in [0.2, 0.25) is 0 Å². The Balaban J connectivity index is 0.000000461. The smallest absolute Gasteiger partial charge is 0.179 e. The van der Waals surface area contributed by atoms with Crippen molar-refractivity contribution in [2.45, 2.75) is 20.8 Å². The van der Waals surface area contributed by atoms with Crippen LogP contribution in [0.3, 0.4) is 0 Å². The van der Waals surface area contributed by atoms with Gasteiger partial charge in [-0.2, -0.15) is 5.10 Å². The standard InChI is InChI=1S/C7H5ClN4.C2H6/c1-4-5-6(7(8)12-11-4)10-3-2-9-5;1-2/h2-3H,1H3;1-2H3. The predicted molar refractivity (Wildman–Crippen MR) is 56.2 cm³/mol. The van der Waals surface area contributed by atoms with Gasteiger partial charge < -0.3 is 0 Å². The summed E-state index contributed by atoms with van der Waals surface area (Å²) < 4.78 is 0. The zero-order chi connectivity index (χ0) is 10.6. The van der Waals surface area contributed by atoms with Gasteiger partial charge in [-0.3, -0.25) is 4.98 Å². The van der Waals surface area contributed by atoms with E-state index in [9.17, 15) is 0 Å². The van der Waals surface area contributed by atoms with Crippen molar-refractivity contribution in [2.75, 3.05) is 0 Å². The van der Waals surface area contributed by atoms with Crippen LogP contribution < -0.4 is 0 Å². The molecule has 0 saturated carbocycles. The maximum absolute atomic E-state index is 5.75. The molecular weight excluding hydrogens is 200 g/mol. The van der Waals surface area contributed by atoms with Crippen molar-refractivity contribution >= 4 is 22.6 Å². The lowest BCUT2D eigenvalue weighted by Crippen LogP contribution is -1.93. The molecule has 0 spiro atoms. The number of fused-ring (bicyclic) bond motifs is 1. The number of nitrogens with zero attached hydrogens (tertiary/aromatic N) is 4. The van der Waals surface area contributed by atoms with Crippen molar-refractivity contribution in [3.05, 3.63) is 23.2 Å². The SMILES string of the molecule is CC.Cc1nnc(Cl)c2nccnc12. The molecule has 14 heavy (non-hydrogen) atoms. The van der Waals surface area contributed by atoms with Crippen LogP contribution in [-0.4, -0.2) is 20.2 Å². The van der Waals surface area contributed by atoms with Crippen LogP contribution in [-0.2, 0) is 0 Å². The van der Waals surface area contributed by atoms with Gasteiger partial charge in [0.25, 0.3) is 0 Å². The largest absolute Gasteiger partial charge is 0.251 e. The van der Waals surface area contributed by atoms with Crippen molar-refractivity contribution in [2.24, 2.45) is 0 Å². The van der Waals surface area contributed by atoms with Crippen molar-refractivity contribution < 1.29 is 0 Å². The third kappa shape index (κ3) is 1.96. The molecular formula is C9H11ClN4.